The summed E-state index contributed by atoms with van der Waals surface area (Å²) >= 11 is 0. The van der Waals surface area contributed by atoms with Crippen molar-refractivity contribution in [3.8, 4) is 0 Å². The van der Waals surface area contributed by atoms with E-state index in [4.69, 9.17) is 0 Å². The SMILES string of the molecule is C=CCn1ccc2cccc(CNCC(C)C)c21. The van der Waals surface area contributed by atoms with E-state index in [1.807, 2.05) is 6.08 Å². The summed E-state index contributed by atoms with van der Waals surface area (Å²) in [5, 5.41) is 4.82. The van der Waals surface area contributed by atoms with Gasteiger partial charge >= 0.3 is 0 Å². The molecule has 0 unspecified atom stereocenters. The average molecular weight is 242 g/mol. The molecule has 0 atom stereocenters. The van der Waals surface area contributed by atoms with Crippen LogP contribution in [0.4, 0.5) is 0 Å². The monoisotopic (exact) mass is 242 g/mol. The summed E-state index contributed by atoms with van der Waals surface area (Å²) in [4.78, 5) is 0. The van der Waals surface area contributed by atoms with E-state index in [-0.39, 0.29) is 0 Å². The molecule has 2 rings (SSSR count). The van der Waals surface area contributed by atoms with Crippen LogP contribution in [-0.2, 0) is 13.1 Å². The number of benzene rings is 1. The largest absolute Gasteiger partial charge is 0.343 e. The fourth-order valence-corrected chi connectivity index (χ4v) is 2.27. The van der Waals surface area contributed by atoms with Crippen LogP contribution in [0.2, 0.25) is 0 Å². The highest BCUT2D eigenvalue weighted by Crippen LogP contribution is 2.20. The predicted molar refractivity (Wildman–Crippen MR) is 78.7 cm³/mol. The van der Waals surface area contributed by atoms with Gasteiger partial charge in [-0.1, -0.05) is 38.1 Å². The molecule has 2 aromatic rings. The van der Waals surface area contributed by atoms with Gasteiger partial charge in [0.1, 0.15) is 0 Å². The van der Waals surface area contributed by atoms with Gasteiger partial charge in [-0.05, 0) is 29.5 Å². The summed E-state index contributed by atoms with van der Waals surface area (Å²) in [7, 11) is 0. The number of aromatic nitrogens is 1. The maximum Gasteiger partial charge on any atom is 0.0528 e. The minimum absolute atomic E-state index is 0.684. The molecular formula is C16H22N2. The van der Waals surface area contributed by atoms with Gasteiger partial charge in [-0.3, -0.25) is 0 Å². The zero-order chi connectivity index (χ0) is 13.0. The Bertz CT molecular complexity index is 523. The zero-order valence-electron chi connectivity index (χ0n) is 11.3. The first-order chi connectivity index (χ1) is 8.72. The molecule has 2 nitrogen and oxygen atoms in total. The second-order valence-electron chi connectivity index (χ2n) is 5.14. The van der Waals surface area contributed by atoms with Gasteiger partial charge in [0.25, 0.3) is 0 Å². The van der Waals surface area contributed by atoms with Crippen molar-refractivity contribution in [2.24, 2.45) is 5.92 Å². The van der Waals surface area contributed by atoms with Crippen molar-refractivity contribution in [1.29, 1.82) is 0 Å². The molecule has 0 saturated carbocycles. The lowest BCUT2D eigenvalue weighted by Crippen LogP contribution is -2.19. The van der Waals surface area contributed by atoms with Crippen LogP contribution < -0.4 is 5.32 Å². The Morgan fingerprint density at radius 2 is 2.17 bits per heavy atom. The molecule has 0 radical (unpaired) electrons. The molecule has 1 aromatic heterocycles. The molecule has 0 bridgehead atoms. The molecule has 0 aliphatic heterocycles. The van der Waals surface area contributed by atoms with Crippen molar-refractivity contribution in [2.75, 3.05) is 6.54 Å². The van der Waals surface area contributed by atoms with E-state index < -0.39 is 0 Å². The van der Waals surface area contributed by atoms with Gasteiger partial charge in [0, 0.05) is 19.3 Å². The Labute approximate surface area is 109 Å². The van der Waals surface area contributed by atoms with Gasteiger partial charge in [-0.2, -0.15) is 0 Å². The van der Waals surface area contributed by atoms with E-state index in [1.165, 1.54) is 16.5 Å². The predicted octanol–water partition coefficient (Wildman–Crippen LogP) is 3.57. The molecule has 0 fully saturated rings. The van der Waals surface area contributed by atoms with Crippen molar-refractivity contribution < 1.29 is 0 Å². The fraction of sp³-hybridized carbons (Fsp3) is 0.375. The number of allylic oxidation sites excluding steroid dienone is 1. The zero-order valence-corrected chi connectivity index (χ0v) is 11.3. The summed E-state index contributed by atoms with van der Waals surface area (Å²) in [6.45, 7) is 11.1. The summed E-state index contributed by atoms with van der Waals surface area (Å²) in [5.74, 6) is 0.684. The Kier molecular flexibility index (Phi) is 4.21. The topological polar surface area (TPSA) is 17.0 Å². The highest BCUT2D eigenvalue weighted by Gasteiger charge is 2.05. The number of fused-ring (bicyclic) bond motifs is 1. The molecule has 1 heterocycles. The Hall–Kier alpha value is -1.54. The molecule has 2 heteroatoms. The molecule has 0 aliphatic carbocycles. The molecule has 0 amide bonds. The molecule has 1 aromatic carbocycles. The first-order valence-electron chi connectivity index (χ1n) is 6.60. The van der Waals surface area contributed by atoms with Gasteiger partial charge in [-0.15, -0.1) is 6.58 Å². The molecular weight excluding hydrogens is 220 g/mol. The van der Waals surface area contributed by atoms with Gasteiger partial charge in [0.05, 0.1) is 5.52 Å². The summed E-state index contributed by atoms with van der Waals surface area (Å²) < 4.78 is 2.26. The van der Waals surface area contributed by atoms with Crippen LogP contribution in [0.25, 0.3) is 10.9 Å². The Morgan fingerprint density at radius 1 is 1.33 bits per heavy atom. The maximum absolute atomic E-state index is 3.82. The van der Waals surface area contributed by atoms with E-state index in [0.29, 0.717) is 5.92 Å². The van der Waals surface area contributed by atoms with Crippen LogP contribution in [0.1, 0.15) is 19.4 Å². The van der Waals surface area contributed by atoms with Crippen LogP contribution in [0.15, 0.2) is 43.1 Å². The lowest BCUT2D eigenvalue weighted by Gasteiger charge is -2.11. The maximum atomic E-state index is 3.82. The van der Waals surface area contributed by atoms with E-state index in [1.54, 1.807) is 0 Å². The number of hydrogen-bond acceptors (Lipinski definition) is 1. The lowest BCUT2D eigenvalue weighted by atomic mass is 10.1. The minimum atomic E-state index is 0.684. The lowest BCUT2D eigenvalue weighted by molar-refractivity contribution is 0.553. The fourth-order valence-electron chi connectivity index (χ4n) is 2.27. The number of nitrogens with zero attached hydrogens (tertiary/aromatic N) is 1. The number of hydrogen-bond donors (Lipinski definition) is 1. The van der Waals surface area contributed by atoms with E-state index >= 15 is 0 Å². The van der Waals surface area contributed by atoms with Crippen molar-refractivity contribution in [2.45, 2.75) is 26.9 Å². The highest BCUT2D eigenvalue weighted by molar-refractivity contribution is 5.83. The molecule has 0 aliphatic rings. The summed E-state index contributed by atoms with van der Waals surface area (Å²) in [5.41, 5.74) is 2.69. The van der Waals surface area contributed by atoms with Crippen LogP contribution in [0, 0.1) is 5.92 Å². The first kappa shape index (κ1) is 12.9. The summed E-state index contributed by atoms with van der Waals surface area (Å²) in [6.07, 6.45) is 4.08. The third kappa shape index (κ3) is 2.82. The smallest absolute Gasteiger partial charge is 0.0528 e. The quantitative estimate of drug-likeness (QED) is 0.766. The van der Waals surface area contributed by atoms with Crippen molar-refractivity contribution in [1.82, 2.24) is 9.88 Å². The third-order valence-corrected chi connectivity index (χ3v) is 3.07. The number of rotatable bonds is 6. The third-order valence-electron chi connectivity index (χ3n) is 3.07. The van der Waals surface area contributed by atoms with Crippen LogP contribution in [-0.4, -0.2) is 11.1 Å². The standard InChI is InChI=1S/C16H22N2/c1-4-9-18-10-8-14-6-5-7-15(16(14)18)12-17-11-13(2)3/h4-8,10,13,17H,1,9,11-12H2,2-3H3. The van der Waals surface area contributed by atoms with E-state index in [9.17, 15) is 0 Å². The van der Waals surface area contributed by atoms with Crippen LogP contribution in [0.3, 0.4) is 0 Å². The van der Waals surface area contributed by atoms with Crippen molar-refractivity contribution in [3.63, 3.8) is 0 Å². The molecule has 0 spiro atoms. The second kappa shape index (κ2) is 5.87. The van der Waals surface area contributed by atoms with Gasteiger partial charge in [0.2, 0.25) is 0 Å². The molecule has 0 saturated heterocycles. The molecule has 18 heavy (non-hydrogen) atoms. The van der Waals surface area contributed by atoms with E-state index in [0.717, 1.165) is 19.6 Å². The van der Waals surface area contributed by atoms with Crippen molar-refractivity contribution in [3.05, 3.63) is 48.7 Å². The van der Waals surface area contributed by atoms with E-state index in [2.05, 4.69) is 60.8 Å². The highest BCUT2D eigenvalue weighted by atomic mass is 15.0. The van der Waals surface area contributed by atoms with Gasteiger partial charge in [-0.25, -0.2) is 0 Å². The minimum Gasteiger partial charge on any atom is -0.343 e. The Morgan fingerprint density at radius 3 is 2.89 bits per heavy atom. The average Bonchev–Trinajstić information content (AvgIpc) is 2.74. The molecule has 96 valence electrons. The van der Waals surface area contributed by atoms with Gasteiger partial charge < -0.3 is 9.88 Å². The van der Waals surface area contributed by atoms with Gasteiger partial charge in [0.15, 0.2) is 0 Å². The van der Waals surface area contributed by atoms with Crippen LogP contribution >= 0.6 is 0 Å². The van der Waals surface area contributed by atoms with Crippen LogP contribution in [0.5, 0.6) is 0 Å². The van der Waals surface area contributed by atoms with Crippen molar-refractivity contribution >= 4 is 10.9 Å². The summed E-state index contributed by atoms with van der Waals surface area (Å²) in [6, 6.07) is 8.67. The number of para-hydroxylation sites is 1. The normalized spacial score (nSPS) is 11.3. The second-order valence-corrected chi connectivity index (χ2v) is 5.14. The Balaban J connectivity index is 2.25. The molecule has 1 N–H and O–H groups in total. The first-order valence-corrected chi connectivity index (χ1v) is 6.60. The number of nitrogens with one attached hydrogen (secondary N) is 1.